The van der Waals surface area contributed by atoms with Crippen molar-refractivity contribution >= 4 is 11.6 Å². The summed E-state index contributed by atoms with van der Waals surface area (Å²) in [4.78, 5) is 14.3. The van der Waals surface area contributed by atoms with E-state index in [2.05, 4.69) is 30.1 Å². The van der Waals surface area contributed by atoms with Crippen LogP contribution in [0.1, 0.15) is 25.8 Å². The highest BCUT2D eigenvalue weighted by Crippen LogP contribution is 2.19. The van der Waals surface area contributed by atoms with Gasteiger partial charge >= 0.3 is 0 Å². The summed E-state index contributed by atoms with van der Waals surface area (Å²) in [6.45, 7) is 7.22. The molecule has 0 bridgehead atoms. The normalized spacial score (nSPS) is 18.0. The van der Waals surface area contributed by atoms with Crippen LogP contribution < -0.4 is 5.32 Å². The van der Waals surface area contributed by atoms with Gasteiger partial charge in [0.2, 0.25) is 5.91 Å². The molecule has 0 aromatic heterocycles. The zero-order valence-electron chi connectivity index (χ0n) is 12.6. The Kier molecular flexibility index (Phi) is 4.94. The summed E-state index contributed by atoms with van der Waals surface area (Å²) in [5.41, 5.74) is 1.18. The quantitative estimate of drug-likeness (QED) is 0.920. The molecule has 0 radical (unpaired) electrons. The van der Waals surface area contributed by atoms with Crippen LogP contribution in [0, 0.1) is 11.3 Å². The van der Waals surface area contributed by atoms with Gasteiger partial charge in [-0.25, -0.2) is 0 Å². The highest BCUT2D eigenvalue weighted by molar-refractivity contribution is 5.90. The first kappa shape index (κ1) is 15.5. The lowest BCUT2D eigenvalue weighted by Crippen LogP contribution is -2.53. The number of rotatable bonds is 4. The van der Waals surface area contributed by atoms with E-state index in [1.54, 1.807) is 24.3 Å². The average molecular weight is 287 g/mol. The van der Waals surface area contributed by atoms with Gasteiger partial charge in [-0.1, -0.05) is 6.07 Å². The predicted octanol–water partition coefficient (Wildman–Crippen LogP) is 2.00. The van der Waals surface area contributed by atoms with Crippen molar-refractivity contribution in [2.24, 2.45) is 0 Å². The van der Waals surface area contributed by atoms with Crippen LogP contribution >= 0.6 is 0 Å². The summed E-state index contributed by atoms with van der Waals surface area (Å²) in [6, 6.07) is 9.01. The number of anilines is 1. The molecule has 21 heavy (non-hydrogen) atoms. The summed E-state index contributed by atoms with van der Waals surface area (Å²) in [7, 11) is 0. The molecule has 1 N–H and O–H groups in total. The molecule has 0 aliphatic carbocycles. The van der Waals surface area contributed by atoms with Gasteiger partial charge in [-0.3, -0.25) is 9.69 Å². The van der Waals surface area contributed by atoms with Crippen molar-refractivity contribution in [3.8, 4) is 6.07 Å². The largest absolute Gasteiger partial charge is 0.378 e. The van der Waals surface area contributed by atoms with Crippen LogP contribution in [0.3, 0.4) is 0 Å². The van der Waals surface area contributed by atoms with Crippen molar-refractivity contribution in [2.75, 3.05) is 31.6 Å². The van der Waals surface area contributed by atoms with Gasteiger partial charge in [-0.2, -0.15) is 5.26 Å². The average Bonchev–Trinajstić information content (AvgIpc) is 2.46. The van der Waals surface area contributed by atoms with Crippen LogP contribution in [-0.4, -0.2) is 42.6 Å². The van der Waals surface area contributed by atoms with Crippen molar-refractivity contribution in [3.05, 3.63) is 29.8 Å². The highest BCUT2D eigenvalue weighted by Gasteiger charge is 2.30. The zero-order chi connectivity index (χ0) is 15.3. The minimum absolute atomic E-state index is 0.0285. The van der Waals surface area contributed by atoms with Gasteiger partial charge in [0, 0.05) is 30.7 Å². The van der Waals surface area contributed by atoms with Gasteiger partial charge in [-0.15, -0.1) is 0 Å². The minimum atomic E-state index is -0.0348. The first-order chi connectivity index (χ1) is 10.0. The second-order valence-corrected chi connectivity index (χ2v) is 5.84. The van der Waals surface area contributed by atoms with E-state index in [0.717, 1.165) is 13.2 Å². The molecule has 2 rings (SSSR count). The smallest absolute Gasteiger partial charge is 0.225 e. The molecule has 5 heteroatoms. The molecular weight excluding hydrogens is 266 g/mol. The third kappa shape index (κ3) is 4.28. The molecule has 112 valence electrons. The fourth-order valence-corrected chi connectivity index (χ4v) is 2.43. The maximum Gasteiger partial charge on any atom is 0.225 e. The Morgan fingerprint density at radius 2 is 2.33 bits per heavy atom. The molecule has 1 aliphatic rings. The Hall–Kier alpha value is -1.90. The summed E-state index contributed by atoms with van der Waals surface area (Å²) in [5, 5.41) is 11.7. The molecule has 1 aliphatic heterocycles. The lowest BCUT2D eigenvalue weighted by atomic mass is 10.0. The molecule has 0 saturated carbocycles. The Morgan fingerprint density at radius 3 is 3.05 bits per heavy atom. The van der Waals surface area contributed by atoms with Gasteiger partial charge in [0.25, 0.3) is 0 Å². The van der Waals surface area contributed by atoms with Gasteiger partial charge in [0.05, 0.1) is 24.8 Å². The van der Waals surface area contributed by atoms with Crippen molar-refractivity contribution in [1.82, 2.24) is 4.90 Å². The third-order valence-corrected chi connectivity index (χ3v) is 3.70. The van der Waals surface area contributed by atoms with Crippen molar-refractivity contribution in [3.63, 3.8) is 0 Å². The third-order valence-electron chi connectivity index (χ3n) is 3.70. The molecule has 0 atom stereocenters. The maximum absolute atomic E-state index is 12.0. The number of morpholine rings is 1. The molecule has 1 aromatic rings. The van der Waals surface area contributed by atoms with E-state index in [9.17, 15) is 4.79 Å². The number of nitrogens with zero attached hydrogens (tertiary/aromatic N) is 2. The van der Waals surface area contributed by atoms with Gasteiger partial charge < -0.3 is 10.1 Å². The SMILES string of the molecule is CC1(C)COCCN1CCC(=O)Nc1cccc(C#N)c1. The fourth-order valence-electron chi connectivity index (χ4n) is 2.43. The monoisotopic (exact) mass is 287 g/mol. The van der Waals surface area contributed by atoms with E-state index in [1.807, 2.05) is 0 Å². The van der Waals surface area contributed by atoms with E-state index in [4.69, 9.17) is 10.00 Å². The molecular formula is C16H21N3O2. The van der Waals surface area contributed by atoms with E-state index in [-0.39, 0.29) is 11.4 Å². The summed E-state index contributed by atoms with van der Waals surface area (Å²) >= 11 is 0. The number of nitriles is 1. The first-order valence-corrected chi connectivity index (χ1v) is 7.14. The molecule has 1 fully saturated rings. The van der Waals surface area contributed by atoms with Crippen LogP contribution in [0.2, 0.25) is 0 Å². The summed E-state index contributed by atoms with van der Waals surface area (Å²) in [5.74, 6) is -0.0348. The van der Waals surface area contributed by atoms with Crippen LogP contribution in [0.5, 0.6) is 0 Å². The van der Waals surface area contributed by atoms with Crippen LogP contribution in [0.15, 0.2) is 24.3 Å². The number of ether oxygens (including phenoxy) is 1. The number of amides is 1. The molecule has 1 amide bonds. The van der Waals surface area contributed by atoms with E-state index < -0.39 is 0 Å². The van der Waals surface area contributed by atoms with E-state index in [0.29, 0.717) is 30.8 Å². The Labute approximate surface area is 125 Å². The Bertz CT molecular complexity index is 549. The van der Waals surface area contributed by atoms with E-state index >= 15 is 0 Å². The van der Waals surface area contributed by atoms with Crippen molar-refractivity contribution < 1.29 is 9.53 Å². The lowest BCUT2D eigenvalue weighted by molar-refractivity contribution is -0.117. The second kappa shape index (κ2) is 6.70. The standard InChI is InChI=1S/C16H21N3O2/c1-16(2)12-21-9-8-19(16)7-6-15(20)18-14-5-3-4-13(10-14)11-17/h3-5,10H,6-9,12H2,1-2H3,(H,18,20). The summed E-state index contributed by atoms with van der Waals surface area (Å²) < 4.78 is 5.47. The van der Waals surface area contributed by atoms with Gasteiger partial charge in [0.1, 0.15) is 0 Å². The van der Waals surface area contributed by atoms with Crippen molar-refractivity contribution in [2.45, 2.75) is 25.8 Å². The number of carbonyl (C=O) groups excluding carboxylic acids is 1. The number of carbonyl (C=O) groups is 1. The molecule has 0 unspecified atom stereocenters. The first-order valence-electron chi connectivity index (χ1n) is 7.14. The minimum Gasteiger partial charge on any atom is -0.378 e. The lowest BCUT2D eigenvalue weighted by Gasteiger charge is -2.42. The molecule has 1 aromatic carbocycles. The van der Waals surface area contributed by atoms with Crippen LogP contribution in [-0.2, 0) is 9.53 Å². The van der Waals surface area contributed by atoms with Crippen LogP contribution in [0.25, 0.3) is 0 Å². The number of benzene rings is 1. The molecule has 1 heterocycles. The molecule has 1 saturated heterocycles. The molecule has 5 nitrogen and oxygen atoms in total. The number of nitrogens with one attached hydrogen (secondary N) is 1. The number of hydrogen-bond donors (Lipinski definition) is 1. The second-order valence-electron chi connectivity index (χ2n) is 5.84. The van der Waals surface area contributed by atoms with Crippen molar-refractivity contribution in [1.29, 1.82) is 5.26 Å². The predicted molar refractivity (Wildman–Crippen MR) is 80.9 cm³/mol. The van der Waals surface area contributed by atoms with Crippen LogP contribution in [0.4, 0.5) is 5.69 Å². The Morgan fingerprint density at radius 1 is 1.52 bits per heavy atom. The van der Waals surface area contributed by atoms with Gasteiger partial charge in [-0.05, 0) is 32.0 Å². The summed E-state index contributed by atoms with van der Waals surface area (Å²) in [6.07, 6.45) is 0.431. The van der Waals surface area contributed by atoms with E-state index in [1.165, 1.54) is 0 Å². The topological polar surface area (TPSA) is 65.4 Å². The number of hydrogen-bond acceptors (Lipinski definition) is 4. The van der Waals surface area contributed by atoms with Gasteiger partial charge in [0.15, 0.2) is 0 Å². The maximum atomic E-state index is 12.0. The Balaban J connectivity index is 1.86. The zero-order valence-corrected chi connectivity index (χ0v) is 12.6. The highest BCUT2D eigenvalue weighted by atomic mass is 16.5. The fraction of sp³-hybridized carbons (Fsp3) is 0.500. The molecule has 0 spiro atoms.